The van der Waals surface area contributed by atoms with Gasteiger partial charge in [-0.3, -0.25) is 4.79 Å². The second-order valence-electron chi connectivity index (χ2n) is 4.61. The Labute approximate surface area is 95.8 Å². The van der Waals surface area contributed by atoms with Crippen LogP contribution in [0.1, 0.15) is 32.1 Å². The van der Waals surface area contributed by atoms with Gasteiger partial charge >= 0.3 is 0 Å². The van der Waals surface area contributed by atoms with Crippen LogP contribution in [0.3, 0.4) is 0 Å². The van der Waals surface area contributed by atoms with E-state index in [1.165, 1.54) is 25.7 Å². The summed E-state index contributed by atoms with van der Waals surface area (Å²) >= 11 is 1.89. The van der Waals surface area contributed by atoms with Crippen molar-refractivity contribution in [3.8, 4) is 0 Å². The number of nitrogens with one attached hydrogen (secondary N) is 2. The predicted molar refractivity (Wildman–Crippen MR) is 64.1 cm³/mol. The monoisotopic (exact) mass is 228 g/mol. The zero-order chi connectivity index (χ0) is 10.7. The van der Waals surface area contributed by atoms with Crippen LogP contribution in [0, 0.1) is 0 Å². The molecule has 1 saturated carbocycles. The Morgan fingerprint density at radius 3 is 2.87 bits per heavy atom. The van der Waals surface area contributed by atoms with Gasteiger partial charge in [0.1, 0.15) is 0 Å². The van der Waals surface area contributed by atoms with Crippen molar-refractivity contribution in [1.82, 2.24) is 10.6 Å². The second-order valence-corrected chi connectivity index (χ2v) is 5.88. The molecule has 0 bridgehead atoms. The van der Waals surface area contributed by atoms with Crippen LogP contribution in [0.25, 0.3) is 0 Å². The highest BCUT2D eigenvalue weighted by atomic mass is 32.2. The lowest BCUT2D eigenvalue weighted by atomic mass is 10.0. The fourth-order valence-electron chi connectivity index (χ4n) is 2.04. The van der Waals surface area contributed by atoms with E-state index in [0.29, 0.717) is 4.75 Å². The van der Waals surface area contributed by atoms with Crippen molar-refractivity contribution < 1.29 is 4.79 Å². The molecule has 2 aliphatic rings. The first-order valence-corrected chi connectivity index (χ1v) is 7.04. The van der Waals surface area contributed by atoms with E-state index in [0.717, 1.165) is 19.5 Å². The smallest absolute Gasteiger partial charge is 0.237 e. The van der Waals surface area contributed by atoms with Gasteiger partial charge < -0.3 is 10.6 Å². The Hall–Kier alpha value is -0.220. The zero-order valence-corrected chi connectivity index (χ0v) is 10.2. The molecular weight excluding hydrogens is 208 g/mol. The van der Waals surface area contributed by atoms with E-state index in [1.807, 2.05) is 11.8 Å². The molecule has 1 atom stereocenters. The van der Waals surface area contributed by atoms with Gasteiger partial charge in [-0.25, -0.2) is 0 Å². The highest BCUT2D eigenvalue weighted by Crippen LogP contribution is 2.46. The first-order valence-electron chi connectivity index (χ1n) is 5.82. The van der Waals surface area contributed by atoms with Gasteiger partial charge in [0.25, 0.3) is 0 Å². The Kier molecular flexibility index (Phi) is 3.57. The van der Waals surface area contributed by atoms with E-state index in [2.05, 4.69) is 16.9 Å². The summed E-state index contributed by atoms with van der Waals surface area (Å²) in [7, 11) is 0. The van der Waals surface area contributed by atoms with Crippen LogP contribution < -0.4 is 10.6 Å². The molecule has 0 unspecified atom stereocenters. The predicted octanol–water partition coefficient (Wildman–Crippen LogP) is 1.14. The molecule has 15 heavy (non-hydrogen) atoms. The van der Waals surface area contributed by atoms with Crippen molar-refractivity contribution in [2.45, 2.75) is 42.9 Å². The van der Waals surface area contributed by atoms with Gasteiger partial charge in [-0.15, -0.1) is 0 Å². The largest absolute Gasteiger partial charge is 0.353 e. The molecule has 0 spiro atoms. The normalized spacial score (nSPS) is 28.5. The van der Waals surface area contributed by atoms with E-state index >= 15 is 0 Å². The molecule has 86 valence electrons. The lowest BCUT2D eigenvalue weighted by Crippen LogP contribution is -2.48. The van der Waals surface area contributed by atoms with Crippen LogP contribution in [-0.4, -0.2) is 36.0 Å². The minimum atomic E-state index is 0.0661. The molecule has 2 rings (SSSR count). The van der Waals surface area contributed by atoms with Gasteiger partial charge in [-0.1, -0.05) is 6.42 Å². The molecule has 1 heterocycles. The van der Waals surface area contributed by atoms with Gasteiger partial charge in [0.15, 0.2) is 0 Å². The third kappa shape index (κ3) is 2.88. The maximum Gasteiger partial charge on any atom is 0.237 e. The first-order chi connectivity index (χ1) is 7.26. The molecule has 1 aliphatic heterocycles. The van der Waals surface area contributed by atoms with Crippen molar-refractivity contribution in [2.75, 3.05) is 19.3 Å². The summed E-state index contributed by atoms with van der Waals surface area (Å²) in [6.45, 7) is 1.84. The first kappa shape index (κ1) is 11.3. The van der Waals surface area contributed by atoms with Crippen LogP contribution >= 0.6 is 11.8 Å². The number of thioether (sulfide) groups is 1. The molecule has 0 aromatic rings. The second kappa shape index (κ2) is 4.74. The number of hydrogen-bond donors (Lipinski definition) is 2. The van der Waals surface area contributed by atoms with Gasteiger partial charge in [0.05, 0.1) is 6.04 Å². The Morgan fingerprint density at radius 2 is 2.33 bits per heavy atom. The number of piperidine rings is 1. The van der Waals surface area contributed by atoms with Crippen molar-refractivity contribution in [3.05, 3.63) is 0 Å². The van der Waals surface area contributed by atoms with E-state index in [4.69, 9.17) is 0 Å². The van der Waals surface area contributed by atoms with Gasteiger partial charge in [0.2, 0.25) is 5.91 Å². The lowest BCUT2D eigenvalue weighted by Gasteiger charge is -2.23. The maximum absolute atomic E-state index is 11.8. The SMILES string of the molecule is CSC1(CNC(=O)[C@@H]2CCCCN2)CC1. The van der Waals surface area contributed by atoms with Gasteiger partial charge in [-0.2, -0.15) is 11.8 Å². The summed E-state index contributed by atoms with van der Waals surface area (Å²) in [5.74, 6) is 0.204. The van der Waals surface area contributed by atoms with Crippen LogP contribution in [0.5, 0.6) is 0 Å². The molecule has 3 nitrogen and oxygen atoms in total. The van der Waals surface area contributed by atoms with Crippen molar-refractivity contribution in [1.29, 1.82) is 0 Å². The van der Waals surface area contributed by atoms with E-state index in [1.54, 1.807) is 0 Å². The van der Waals surface area contributed by atoms with E-state index < -0.39 is 0 Å². The van der Waals surface area contributed by atoms with Crippen LogP contribution in [0.4, 0.5) is 0 Å². The molecule has 0 aromatic carbocycles. The standard InChI is InChI=1S/C11H20N2OS/c1-15-11(5-6-11)8-13-10(14)9-4-2-3-7-12-9/h9,12H,2-8H2,1H3,(H,13,14)/t9-/m0/s1. The lowest BCUT2D eigenvalue weighted by molar-refractivity contribution is -0.123. The van der Waals surface area contributed by atoms with Crippen LogP contribution in [-0.2, 0) is 4.79 Å². The fraction of sp³-hybridized carbons (Fsp3) is 0.909. The van der Waals surface area contributed by atoms with Gasteiger partial charge in [-0.05, 0) is 38.5 Å². The Bertz CT molecular complexity index is 235. The molecule has 0 aromatic heterocycles. The summed E-state index contributed by atoms with van der Waals surface area (Å²) in [6, 6.07) is 0.0661. The third-order valence-electron chi connectivity index (χ3n) is 3.45. The zero-order valence-electron chi connectivity index (χ0n) is 9.34. The molecule has 1 aliphatic carbocycles. The number of rotatable bonds is 4. The number of carbonyl (C=O) groups is 1. The number of amides is 1. The average molecular weight is 228 g/mol. The van der Waals surface area contributed by atoms with Crippen molar-refractivity contribution in [2.24, 2.45) is 0 Å². The summed E-state index contributed by atoms with van der Waals surface area (Å²) in [5, 5.41) is 6.36. The van der Waals surface area contributed by atoms with E-state index in [-0.39, 0.29) is 11.9 Å². The molecular formula is C11H20N2OS. The van der Waals surface area contributed by atoms with Gasteiger partial charge in [0, 0.05) is 11.3 Å². The summed E-state index contributed by atoms with van der Waals surface area (Å²) in [6.07, 6.45) is 8.03. The quantitative estimate of drug-likeness (QED) is 0.758. The Balaban J connectivity index is 1.72. The molecule has 2 fully saturated rings. The third-order valence-corrected chi connectivity index (χ3v) is 4.87. The van der Waals surface area contributed by atoms with Crippen molar-refractivity contribution >= 4 is 17.7 Å². The number of hydrogen-bond acceptors (Lipinski definition) is 3. The molecule has 2 N–H and O–H groups in total. The fourth-order valence-corrected chi connectivity index (χ4v) is 2.77. The molecule has 1 saturated heterocycles. The number of carbonyl (C=O) groups excluding carboxylic acids is 1. The highest BCUT2D eigenvalue weighted by molar-refractivity contribution is 8.00. The minimum Gasteiger partial charge on any atom is -0.353 e. The minimum absolute atomic E-state index is 0.0661. The topological polar surface area (TPSA) is 41.1 Å². The summed E-state index contributed by atoms with van der Waals surface area (Å²) < 4.78 is 0.379. The average Bonchev–Trinajstić information content (AvgIpc) is 3.08. The molecule has 0 radical (unpaired) electrons. The van der Waals surface area contributed by atoms with Crippen LogP contribution in [0.15, 0.2) is 0 Å². The highest BCUT2D eigenvalue weighted by Gasteiger charge is 2.42. The van der Waals surface area contributed by atoms with Crippen molar-refractivity contribution in [3.63, 3.8) is 0 Å². The summed E-state index contributed by atoms with van der Waals surface area (Å²) in [5.41, 5.74) is 0. The van der Waals surface area contributed by atoms with E-state index in [9.17, 15) is 4.79 Å². The van der Waals surface area contributed by atoms with Crippen LogP contribution in [0.2, 0.25) is 0 Å². The maximum atomic E-state index is 11.8. The molecule has 4 heteroatoms. The Morgan fingerprint density at radius 1 is 1.53 bits per heavy atom. The summed E-state index contributed by atoms with van der Waals surface area (Å²) in [4.78, 5) is 11.8. The molecule has 1 amide bonds.